The zero-order valence-corrected chi connectivity index (χ0v) is 15.4. The third-order valence-electron chi connectivity index (χ3n) is 4.31. The van der Waals surface area contributed by atoms with Crippen LogP contribution in [0.2, 0.25) is 0 Å². The van der Waals surface area contributed by atoms with Crippen LogP contribution in [-0.4, -0.2) is 53.1 Å². The van der Waals surface area contributed by atoms with E-state index in [0.717, 1.165) is 24.3 Å². The van der Waals surface area contributed by atoms with Gasteiger partial charge in [0.2, 0.25) is 5.91 Å². The van der Waals surface area contributed by atoms with Crippen molar-refractivity contribution in [3.05, 3.63) is 75.1 Å². The third-order valence-corrected chi connectivity index (χ3v) is 4.31. The first-order valence-corrected chi connectivity index (χ1v) is 8.73. The van der Waals surface area contributed by atoms with Gasteiger partial charge in [-0.05, 0) is 30.3 Å². The highest BCUT2D eigenvalue weighted by Crippen LogP contribution is 2.26. The van der Waals surface area contributed by atoms with Crippen molar-refractivity contribution in [1.29, 1.82) is 0 Å². The number of fused-ring (bicyclic) bond motifs is 1. The van der Waals surface area contributed by atoms with Crippen LogP contribution in [0.15, 0.2) is 42.5 Å². The number of nitro groups is 1. The van der Waals surface area contributed by atoms with Gasteiger partial charge < -0.3 is 10.6 Å². The third kappa shape index (κ3) is 4.29. The standard InChI is InChI=1S/C19H15FN4O6/c20-12-3-1-11(2-4-12)17(26)22-8-7-21-16(25)10-23-18(27)14-6-5-13(24(29)30)9-15(14)19(23)28/h1-6,9H,7-8,10H2,(H,21,25)(H,22,26). The van der Waals surface area contributed by atoms with E-state index in [2.05, 4.69) is 10.6 Å². The summed E-state index contributed by atoms with van der Waals surface area (Å²) in [4.78, 5) is 59.4. The van der Waals surface area contributed by atoms with Crippen LogP contribution >= 0.6 is 0 Å². The number of nitrogens with one attached hydrogen (secondary N) is 2. The normalized spacial score (nSPS) is 12.5. The number of carbonyl (C=O) groups is 4. The molecular weight excluding hydrogens is 399 g/mol. The van der Waals surface area contributed by atoms with Gasteiger partial charge in [-0.15, -0.1) is 0 Å². The lowest BCUT2D eigenvalue weighted by atomic mass is 10.1. The number of hydrogen-bond acceptors (Lipinski definition) is 6. The first kappa shape index (κ1) is 20.6. The van der Waals surface area contributed by atoms with E-state index in [-0.39, 0.29) is 35.5 Å². The number of amides is 4. The molecule has 1 aliphatic heterocycles. The van der Waals surface area contributed by atoms with Crippen LogP contribution in [-0.2, 0) is 4.79 Å². The number of non-ortho nitro benzene ring substituents is 1. The molecular formula is C19H15FN4O6. The molecule has 0 bridgehead atoms. The van der Waals surface area contributed by atoms with E-state index in [4.69, 9.17) is 0 Å². The molecule has 0 radical (unpaired) electrons. The van der Waals surface area contributed by atoms with Crippen molar-refractivity contribution in [2.75, 3.05) is 19.6 Å². The lowest BCUT2D eigenvalue weighted by molar-refractivity contribution is -0.384. The van der Waals surface area contributed by atoms with Gasteiger partial charge >= 0.3 is 0 Å². The maximum absolute atomic E-state index is 12.8. The highest BCUT2D eigenvalue weighted by Gasteiger charge is 2.37. The second-order valence-electron chi connectivity index (χ2n) is 6.30. The first-order valence-electron chi connectivity index (χ1n) is 8.73. The molecule has 0 atom stereocenters. The van der Waals surface area contributed by atoms with Crippen LogP contribution in [0.4, 0.5) is 10.1 Å². The Bertz CT molecular complexity index is 1050. The maximum atomic E-state index is 12.8. The van der Waals surface area contributed by atoms with Crippen LogP contribution in [0, 0.1) is 15.9 Å². The van der Waals surface area contributed by atoms with Crippen molar-refractivity contribution in [3.63, 3.8) is 0 Å². The molecule has 2 aromatic carbocycles. The Hall–Kier alpha value is -4.15. The van der Waals surface area contributed by atoms with Crippen LogP contribution < -0.4 is 10.6 Å². The summed E-state index contributed by atoms with van der Waals surface area (Å²) in [5, 5.41) is 15.8. The van der Waals surface area contributed by atoms with Gasteiger partial charge in [-0.25, -0.2) is 4.39 Å². The van der Waals surface area contributed by atoms with Gasteiger partial charge in [-0.2, -0.15) is 0 Å². The molecule has 3 rings (SSSR count). The molecule has 2 N–H and O–H groups in total. The Morgan fingerprint density at radius 1 is 0.967 bits per heavy atom. The van der Waals surface area contributed by atoms with Gasteiger partial charge in [0.1, 0.15) is 12.4 Å². The molecule has 10 nitrogen and oxygen atoms in total. The zero-order valence-electron chi connectivity index (χ0n) is 15.4. The molecule has 1 aliphatic rings. The Balaban J connectivity index is 1.49. The molecule has 1 heterocycles. The first-order chi connectivity index (χ1) is 14.3. The average molecular weight is 414 g/mol. The molecule has 11 heteroatoms. The van der Waals surface area contributed by atoms with E-state index in [1.165, 1.54) is 18.2 Å². The number of benzene rings is 2. The predicted octanol–water partition coefficient (Wildman–Crippen LogP) is 0.876. The molecule has 154 valence electrons. The summed E-state index contributed by atoms with van der Waals surface area (Å²) in [7, 11) is 0. The van der Waals surface area contributed by atoms with Crippen molar-refractivity contribution < 1.29 is 28.5 Å². The minimum Gasteiger partial charge on any atom is -0.353 e. The van der Waals surface area contributed by atoms with Crippen LogP contribution in [0.3, 0.4) is 0 Å². The second kappa shape index (κ2) is 8.47. The summed E-state index contributed by atoms with van der Waals surface area (Å²) in [6.07, 6.45) is 0. The molecule has 0 aliphatic carbocycles. The Morgan fingerprint density at radius 3 is 2.27 bits per heavy atom. The van der Waals surface area contributed by atoms with E-state index in [9.17, 15) is 33.7 Å². The summed E-state index contributed by atoms with van der Waals surface area (Å²) in [5.41, 5.74) is -0.223. The topological polar surface area (TPSA) is 139 Å². The average Bonchev–Trinajstić information content (AvgIpc) is 2.96. The van der Waals surface area contributed by atoms with Gasteiger partial charge in [-0.1, -0.05) is 0 Å². The van der Waals surface area contributed by atoms with Crippen LogP contribution in [0.25, 0.3) is 0 Å². The van der Waals surface area contributed by atoms with Crippen molar-refractivity contribution in [3.8, 4) is 0 Å². The number of nitrogens with zero attached hydrogens (tertiary/aromatic N) is 2. The van der Waals surface area contributed by atoms with E-state index in [1.807, 2.05) is 0 Å². The summed E-state index contributed by atoms with van der Waals surface area (Å²) in [6, 6.07) is 8.21. The highest BCUT2D eigenvalue weighted by molar-refractivity contribution is 6.22. The quantitative estimate of drug-likeness (QED) is 0.298. The zero-order chi connectivity index (χ0) is 21.8. The van der Waals surface area contributed by atoms with Crippen LogP contribution in [0.1, 0.15) is 31.1 Å². The number of rotatable bonds is 7. The minimum absolute atomic E-state index is 0.00930. The van der Waals surface area contributed by atoms with Crippen LogP contribution in [0.5, 0.6) is 0 Å². The summed E-state index contributed by atoms with van der Waals surface area (Å²) in [5.74, 6) is -3.08. The fraction of sp³-hybridized carbons (Fsp3) is 0.158. The molecule has 0 spiro atoms. The van der Waals surface area contributed by atoms with E-state index in [1.54, 1.807) is 0 Å². The number of imide groups is 1. The largest absolute Gasteiger partial charge is 0.353 e. The fourth-order valence-electron chi connectivity index (χ4n) is 2.82. The molecule has 0 fully saturated rings. The van der Waals surface area contributed by atoms with Crippen molar-refractivity contribution in [2.45, 2.75) is 0 Å². The van der Waals surface area contributed by atoms with E-state index in [0.29, 0.717) is 4.90 Å². The number of halogens is 1. The van der Waals surface area contributed by atoms with E-state index >= 15 is 0 Å². The highest BCUT2D eigenvalue weighted by atomic mass is 19.1. The Morgan fingerprint density at radius 2 is 1.60 bits per heavy atom. The molecule has 0 saturated carbocycles. The minimum atomic E-state index is -0.793. The Kier molecular flexibility index (Phi) is 5.81. The number of carbonyl (C=O) groups excluding carboxylic acids is 4. The summed E-state index contributed by atoms with van der Waals surface area (Å²) < 4.78 is 12.8. The molecule has 0 aromatic heterocycles. The summed E-state index contributed by atoms with van der Waals surface area (Å²) in [6.45, 7) is -0.470. The molecule has 0 saturated heterocycles. The lowest BCUT2D eigenvalue weighted by Crippen LogP contribution is -2.42. The van der Waals surface area contributed by atoms with Crippen molar-refractivity contribution in [1.82, 2.24) is 15.5 Å². The number of nitro benzene ring substituents is 1. The Labute approximate surface area is 168 Å². The second-order valence-corrected chi connectivity index (χ2v) is 6.30. The fourth-order valence-corrected chi connectivity index (χ4v) is 2.82. The molecule has 2 aromatic rings. The molecule has 30 heavy (non-hydrogen) atoms. The smallest absolute Gasteiger partial charge is 0.270 e. The van der Waals surface area contributed by atoms with Gasteiger partial charge in [0.15, 0.2) is 0 Å². The predicted molar refractivity (Wildman–Crippen MR) is 100 cm³/mol. The van der Waals surface area contributed by atoms with Crippen molar-refractivity contribution in [2.24, 2.45) is 0 Å². The van der Waals surface area contributed by atoms with E-state index < -0.39 is 40.9 Å². The summed E-state index contributed by atoms with van der Waals surface area (Å²) >= 11 is 0. The molecule has 4 amide bonds. The van der Waals surface area contributed by atoms with Gasteiger partial charge in [-0.3, -0.25) is 34.2 Å². The lowest BCUT2D eigenvalue weighted by Gasteiger charge is -2.13. The maximum Gasteiger partial charge on any atom is 0.270 e. The number of hydrogen-bond donors (Lipinski definition) is 2. The molecule has 0 unspecified atom stereocenters. The SMILES string of the molecule is O=C(CN1C(=O)c2ccc([N+](=O)[O-])cc2C1=O)NCCNC(=O)c1ccc(F)cc1. The van der Waals surface area contributed by atoms with Crippen molar-refractivity contribution >= 4 is 29.3 Å². The monoisotopic (exact) mass is 414 g/mol. The van der Waals surface area contributed by atoms with Gasteiger partial charge in [0.05, 0.1) is 16.1 Å². The van der Waals surface area contributed by atoms with Gasteiger partial charge in [0, 0.05) is 30.8 Å². The van der Waals surface area contributed by atoms with Gasteiger partial charge in [0.25, 0.3) is 23.4 Å².